The van der Waals surface area contributed by atoms with Crippen LogP contribution in [0.15, 0.2) is 0 Å². The van der Waals surface area contributed by atoms with Gasteiger partial charge in [0.2, 0.25) is 0 Å². The Balaban J connectivity index is 1.79. The van der Waals surface area contributed by atoms with Gasteiger partial charge in [0.15, 0.2) is 9.84 Å². The van der Waals surface area contributed by atoms with Crippen molar-refractivity contribution < 1.29 is 8.42 Å². The van der Waals surface area contributed by atoms with E-state index in [-0.39, 0.29) is 0 Å². The van der Waals surface area contributed by atoms with Gasteiger partial charge in [0, 0.05) is 12.6 Å². The minimum atomic E-state index is -2.71. The standard InChI is InChI=1S/C10H17NO2S/c12-14(13)3-1-2-8(6-14)10-4-9(5-10)11-7-10/h8-9,11H,1-7H2. The summed E-state index contributed by atoms with van der Waals surface area (Å²) in [5.74, 6) is 1.34. The van der Waals surface area contributed by atoms with Gasteiger partial charge in [-0.3, -0.25) is 0 Å². The van der Waals surface area contributed by atoms with Crippen molar-refractivity contribution in [1.29, 1.82) is 0 Å². The highest BCUT2D eigenvalue weighted by atomic mass is 32.2. The quantitative estimate of drug-likeness (QED) is 0.695. The van der Waals surface area contributed by atoms with E-state index >= 15 is 0 Å². The minimum absolute atomic E-state index is 0.373. The fourth-order valence-electron chi connectivity index (χ4n) is 3.54. The molecule has 3 heterocycles. The molecule has 4 rings (SSSR count). The third kappa shape index (κ3) is 1.23. The first-order valence-electron chi connectivity index (χ1n) is 5.54. The number of hydrogen-bond donors (Lipinski definition) is 1. The summed E-state index contributed by atoms with van der Waals surface area (Å²) in [6, 6.07) is 0.708. The number of sulfone groups is 1. The first-order chi connectivity index (χ1) is 6.60. The van der Waals surface area contributed by atoms with Gasteiger partial charge in [-0.2, -0.15) is 0 Å². The molecule has 4 fully saturated rings. The molecular formula is C10H17NO2S. The lowest BCUT2D eigenvalue weighted by Crippen LogP contribution is -2.45. The molecule has 0 aromatic rings. The van der Waals surface area contributed by atoms with Gasteiger partial charge in [0.05, 0.1) is 11.5 Å². The Bertz CT molecular complexity index is 338. The maximum Gasteiger partial charge on any atom is 0.150 e. The van der Waals surface area contributed by atoms with Gasteiger partial charge in [-0.05, 0) is 37.0 Å². The van der Waals surface area contributed by atoms with Crippen LogP contribution in [0, 0.1) is 11.3 Å². The molecule has 0 aromatic carbocycles. The Morgan fingerprint density at radius 2 is 2.07 bits per heavy atom. The Kier molecular flexibility index (Phi) is 1.78. The van der Waals surface area contributed by atoms with Crippen molar-refractivity contribution in [2.45, 2.75) is 31.7 Å². The summed E-state index contributed by atoms with van der Waals surface area (Å²) in [7, 11) is -2.71. The van der Waals surface area contributed by atoms with Crippen molar-refractivity contribution in [3.8, 4) is 0 Å². The molecule has 1 aliphatic carbocycles. The van der Waals surface area contributed by atoms with Crippen LogP contribution in [0.25, 0.3) is 0 Å². The van der Waals surface area contributed by atoms with E-state index in [4.69, 9.17) is 0 Å². The van der Waals surface area contributed by atoms with E-state index in [9.17, 15) is 8.42 Å². The second-order valence-corrected chi connectivity index (χ2v) is 7.53. The van der Waals surface area contributed by atoms with Crippen molar-refractivity contribution >= 4 is 9.84 Å². The Hall–Kier alpha value is -0.0900. The van der Waals surface area contributed by atoms with Crippen molar-refractivity contribution in [2.75, 3.05) is 18.1 Å². The lowest BCUT2D eigenvalue weighted by molar-refractivity contribution is 0.105. The maximum absolute atomic E-state index is 11.6. The lowest BCUT2D eigenvalue weighted by atomic mass is 9.62. The van der Waals surface area contributed by atoms with Crippen molar-refractivity contribution in [3.05, 3.63) is 0 Å². The predicted molar refractivity (Wildman–Crippen MR) is 54.8 cm³/mol. The van der Waals surface area contributed by atoms with Crippen LogP contribution in [0.4, 0.5) is 0 Å². The highest BCUT2D eigenvalue weighted by molar-refractivity contribution is 7.91. The van der Waals surface area contributed by atoms with Crippen molar-refractivity contribution in [2.24, 2.45) is 11.3 Å². The fourth-order valence-corrected chi connectivity index (χ4v) is 5.45. The highest BCUT2D eigenvalue weighted by Crippen LogP contribution is 2.54. The summed E-state index contributed by atoms with van der Waals surface area (Å²) in [6.45, 7) is 1.07. The van der Waals surface area contributed by atoms with Crippen LogP contribution >= 0.6 is 0 Å². The third-order valence-corrected chi connectivity index (χ3v) is 6.20. The molecule has 1 saturated carbocycles. The average molecular weight is 215 g/mol. The van der Waals surface area contributed by atoms with Gasteiger partial charge in [-0.15, -0.1) is 0 Å². The zero-order valence-corrected chi connectivity index (χ0v) is 9.15. The molecule has 3 saturated heterocycles. The van der Waals surface area contributed by atoms with Crippen molar-refractivity contribution in [3.63, 3.8) is 0 Å². The second-order valence-electron chi connectivity index (χ2n) is 5.30. The summed E-state index contributed by atoms with van der Waals surface area (Å²) in [5, 5.41) is 3.46. The molecule has 1 atom stereocenters. The fraction of sp³-hybridized carbons (Fsp3) is 1.00. The summed E-state index contributed by atoms with van der Waals surface area (Å²) >= 11 is 0. The molecule has 0 spiro atoms. The van der Waals surface area contributed by atoms with Gasteiger partial charge < -0.3 is 5.32 Å². The lowest BCUT2D eigenvalue weighted by Gasteiger charge is -2.45. The van der Waals surface area contributed by atoms with Crippen LogP contribution < -0.4 is 5.32 Å². The van der Waals surface area contributed by atoms with Gasteiger partial charge in [-0.1, -0.05) is 0 Å². The Labute approximate surface area is 85.2 Å². The van der Waals surface area contributed by atoms with E-state index in [1.807, 2.05) is 0 Å². The van der Waals surface area contributed by atoms with Crippen LogP contribution in [0.1, 0.15) is 25.7 Å². The average Bonchev–Trinajstić information content (AvgIpc) is 2.58. The van der Waals surface area contributed by atoms with Crippen LogP contribution in [-0.4, -0.2) is 32.5 Å². The first kappa shape index (κ1) is 9.16. The molecule has 1 unspecified atom stereocenters. The zero-order chi connectivity index (χ0) is 9.81. The highest BCUT2D eigenvalue weighted by Gasteiger charge is 2.55. The SMILES string of the molecule is O=S1(=O)CCCC(C23CNC(C2)C3)C1. The molecule has 80 valence electrons. The smallest absolute Gasteiger partial charge is 0.150 e. The Morgan fingerprint density at radius 1 is 1.29 bits per heavy atom. The number of nitrogens with one attached hydrogen (secondary N) is 1. The van der Waals surface area contributed by atoms with Crippen LogP contribution in [0.3, 0.4) is 0 Å². The maximum atomic E-state index is 11.6. The molecule has 0 aromatic heterocycles. The number of hydrogen-bond acceptors (Lipinski definition) is 3. The molecule has 0 radical (unpaired) electrons. The topological polar surface area (TPSA) is 46.2 Å². The normalized spacial score (nSPS) is 50.0. The van der Waals surface area contributed by atoms with Gasteiger partial charge in [0.25, 0.3) is 0 Å². The van der Waals surface area contributed by atoms with E-state index in [2.05, 4.69) is 5.32 Å². The largest absolute Gasteiger partial charge is 0.313 e. The monoisotopic (exact) mass is 215 g/mol. The molecule has 4 heteroatoms. The third-order valence-electron chi connectivity index (χ3n) is 4.38. The second kappa shape index (κ2) is 2.73. The molecule has 4 aliphatic rings. The van der Waals surface area contributed by atoms with E-state index in [0.29, 0.717) is 28.9 Å². The minimum Gasteiger partial charge on any atom is -0.313 e. The molecule has 3 aliphatic heterocycles. The number of rotatable bonds is 1. The molecule has 0 amide bonds. The zero-order valence-electron chi connectivity index (χ0n) is 8.33. The van der Waals surface area contributed by atoms with Crippen LogP contribution in [0.5, 0.6) is 0 Å². The van der Waals surface area contributed by atoms with Crippen molar-refractivity contribution in [1.82, 2.24) is 5.32 Å². The van der Waals surface area contributed by atoms with E-state index in [0.717, 1.165) is 19.4 Å². The van der Waals surface area contributed by atoms with Crippen LogP contribution in [-0.2, 0) is 9.84 Å². The molecule has 1 N–H and O–H groups in total. The summed E-state index contributed by atoms with van der Waals surface area (Å²) in [4.78, 5) is 0. The molecule has 2 bridgehead atoms. The molecule has 3 nitrogen and oxygen atoms in total. The number of fused-ring (bicyclic) bond motifs is 1. The van der Waals surface area contributed by atoms with E-state index in [1.54, 1.807) is 0 Å². The summed E-state index contributed by atoms with van der Waals surface area (Å²) < 4.78 is 23.1. The summed E-state index contributed by atoms with van der Waals surface area (Å²) in [5.41, 5.74) is 0.373. The van der Waals surface area contributed by atoms with E-state index in [1.165, 1.54) is 12.8 Å². The molecular weight excluding hydrogens is 198 g/mol. The molecule has 14 heavy (non-hydrogen) atoms. The summed E-state index contributed by atoms with van der Waals surface area (Å²) in [6.07, 6.45) is 4.48. The Morgan fingerprint density at radius 3 is 2.64 bits per heavy atom. The van der Waals surface area contributed by atoms with Gasteiger partial charge in [-0.25, -0.2) is 8.42 Å². The first-order valence-corrected chi connectivity index (χ1v) is 7.36. The van der Waals surface area contributed by atoms with Gasteiger partial charge >= 0.3 is 0 Å². The van der Waals surface area contributed by atoms with Gasteiger partial charge in [0.1, 0.15) is 0 Å². The van der Waals surface area contributed by atoms with Crippen LogP contribution in [0.2, 0.25) is 0 Å². The predicted octanol–water partition coefficient (Wildman–Crippen LogP) is 0.563. The van der Waals surface area contributed by atoms with E-state index < -0.39 is 9.84 Å².